The number of halogens is 1. The minimum absolute atomic E-state index is 0.0793. The lowest BCUT2D eigenvalue weighted by Gasteiger charge is -2.40. The minimum atomic E-state index is -0.505. The van der Waals surface area contributed by atoms with Crippen molar-refractivity contribution in [3.8, 4) is 5.75 Å². The number of hydrogen-bond donors (Lipinski definition) is 2. The molecule has 0 spiro atoms. The van der Waals surface area contributed by atoms with Crippen LogP contribution in [-0.4, -0.2) is 58.7 Å². The molecule has 1 heterocycles. The number of benzene rings is 1. The summed E-state index contributed by atoms with van der Waals surface area (Å²) in [5, 5.41) is 18.4. The van der Waals surface area contributed by atoms with Gasteiger partial charge in [-0.3, -0.25) is 4.90 Å². The predicted octanol–water partition coefficient (Wildman–Crippen LogP) is 0.725. The fraction of sp³-hybridized carbons (Fsp3) is 0.417. The maximum absolute atomic E-state index is 11.7. The highest BCUT2D eigenvalue weighted by atomic mass is 35.5. The summed E-state index contributed by atoms with van der Waals surface area (Å²) in [6.07, 6.45) is -0.0793. The van der Waals surface area contributed by atoms with E-state index in [4.69, 9.17) is 26.6 Å². The Morgan fingerprint density at radius 3 is 2.42 bits per heavy atom. The largest absolute Gasteiger partial charge is 0.487 e. The zero-order chi connectivity index (χ0) is 13.8. The molecule has 1 aliphatic heterocycles. The third-order valence-electron chi connectivity index (χ3n) is 2.85. The van der Waals surface area contributed by atoms with Crippen molar-refractivity contribution < 1.29 is 19.7 Å². The molecule has 1 aromatic rings. The van der Waals surface area contributed by atoms with Crippen molar-refractivity contribution in [1.82, 2.24) is 9.80 Å². The van der Waals surface area contributed by atoms with Gasteiger partial charge in [0.15, 0.2) is 0 Å². The highest BCUT2D eigenvalue weighted by molar-refractivity contribution is 6.30. The van der Waals surface area contributed by atoms with Crippen LogP contribution in [0.2, 0.25) is 5.02 Å². The number of urea groups is 1. The quantitative estimate of drug-likeness (QED) is 0.800. The Balaban J connectivity index is 1.80. The second-order valence-corrected chi connectivity index (χ2v) is 4.64. The molecule has 0 radical (unpaired) electrons. The molecule has 0 unspecified atom stereocenters. The summed E-state index contributed by atoms with van der Waals surface area (Å²) in [6, 6.07) is 6.59. The smallest absolute Gasteiger partial charge is 0.323 e. The summed E-state index contributed by atoms with van der Waals surface area (Å²) >= 11 is 5.77. The monoisotopic (exact) mass is 286 g/mol. The number of rotatable bonds is 4. The lowest BCUT2D eigenvalue weighted by Crippen LogP contribution is -2.59. The molecule has 0 aliphatic carbocycles. The van der Waals surface area contributed by atoms with Crippen LogP contribution < -0.4 is 4.74 Å². The first-order valence-corrected chi connectivity index (χ1v) is 6.19. The van der Waals surface area contributed by atoms with Gasteiger partial charge in [0.1, 0.15) is 25.3 Å². The van der Waals surface area contributed by atoms with Gasteiger partial charge in [-0.15, -0.1) is 0 Å². The molecule has 2 rings (SSSR count). The first kappa shape index (κ1) is 13.9. The van der Waals surface area contributed by atoms with Crippen LogP contribution in [0.4, 0.5) is 4.79 Å². The number of amides is 2. The standard InChI is InChI=1S/C12H15ClN2O4/c13-9-1-3-10(4-2-9)19-11-5-14(6-11)12(18)15(7-16)8-17/h1-4,11,16-17H,5-8H2. The van der Waals surface area contributed by atoms with Crippen LogP contribution in [-0.2, 0) is 0 Å². The lowest BCUT2D eigenvalue weighted by molar-refractivity contribution is -0.00171. The lowest BCUT2D eigenvalue weighted by atomic mass is 10.2. The number of carbonyl (C=O) groups excluding carboxylic acids is 1. The second-order valence-electron chi connectivity index (χ2n) is 4.20. The van der Waals surface area contributed by atoms with Gasteiger partial charge in [0.25, 0.3) is 0 Å². The molecule has 1 aromatic carbocycles. The summed E-state index contributed by atoms with van der Waals surface area (Å²) in [6.45, 7) is -0.154. The number of hydrogen-bond acceptors (Lipinski definition) is 4. The topological polar surface area (TPSA) is 73.2 Å². The van der Waals surface area contributed by atoms with Crippen molar-refractivity contribution in [2.75, 3.05) is 26.6 Å². The average Bonchev–Trinajstić information content (AvgIpc) is 2.36. The van der Waals surface area contributed by atoms with Gasteiger partial charge in [-0.25, -0.2) is 4.79 Å². The molecule has 1 fully saturated rings. The molecule has 0 atom stereocenters. The van der Waals surface area contributed by atoms with Crippen molar-refractivity contribution in [1.29, 1.82) is 0 Å². The van der Waals surface area contributed by atoms with E-state index in [0.717, 1.165) is 4.90 Å². The van der Waals surface area contributed by atoms with Gasteiger partial charge < -0.3 is 19.8 Å². The molecule has 0 saturated carbocycles. The summed E-state index contributed by atoms with van der Waals surface area (Å²) in [7, 11) is 0. The molecule has 0 bridgehead atoms. The number of aliphatic hydroxyl groups is 2. The molecule has 2 N–H and O–H groups in total. The Kier molecular flexibility index (Phi) is 4.47. The van der Waals surface area contributed by atoms with E-state index in [1.54, 1.807) is 24.3 Å². The van der Waals surface area contributed by atoms with Gasteiger partial charge in [-0.1, -0.05) is 11.6 Å². The first-order valence-electron chi connectivity index (χ1n) is 5.82. The SMILES string of the molecule is O=C(N(CO)CO)N1CC(Oc2ccc(Cl)cc2)C1. The molecule has 1 aliphatic rings. The normalized spacial score (nSPS) is 15.0. The van der Waals surface area contributed by atoms with Gasteiger partial charge in [0.2, 0.25) is 0 Å². The summed E-state index contributed by atoms with van der Waals surface area (Å²) < 4.78 is 5.64. The van der Waals surface area contributed by atoms with Crippen molar-refractivity contribution in [3.05, 3.63) is 29.3 Å². The maximum Gasteiger partial charge on any atom is 0.323 e. The molecule has 6 nitrogen and oxygen atoms in total. The van der Waals surface area contributed by atoms with Crippen LogP contribution in [0, 0.1) is 0 Å². The summed E-state index contributed by atoms with van der Waals surface area (Å²) in [5.74, 6) is 0.697. The van der Waals surface area contributed by atoms with Crippen LogP contribution in [0.3, 0.4) is 0 Å². The molecule has 7 heteroatoms. The van der Waals surface area contributed by atoms with Crippen LogP contribution in [0.5, 0.6) is 5.75 Å². The Morgan fingerprint density at radius 2 is 1.89 bits per heavy atom. The Labute approximate surface area is 115 Å². The van der Waals surface area contributed by atoms with Gasteiger partial charge in [-0.2, -0.15) is 0 Å². The van der Waals surface area contributed by atoms with E-state index in [9.17, 15) is 4.79 Å². The Bertz CT molecular complexity index is 430. The predicted molar refractivity (Wildman–Crippen MR) is 68.8 cm³/mol. The number of ether oxygens (including phenoxy) is 1. The highest BCUT2D eigenvalue weighted by Gasteiger charge is 2.34. The molecule has 2 amide bonds. The molecule has 104 valence electrons. The van der Waals surface area contributed by atoms with Crippen molar-refractivity contribution in [3.63, 3.8) is 0 Å². The molecule has 1 saturated heterocycles. The van der Waals surface area contributed by atoms with E-state index >= 15 is 0 Å². The zero-order valence-corrected chi connectivity index (χ0v) is 11.0. The number of carbonyl (C=O) groups is 1. The zero-order valence-electron chi connectivity index (χ0n) is 10.2. The van der Waals surface area contributed by atoms with Gasteiger partial charge in [0.05, 0.1) is 13.1 Å². The fourth-order valence-corrected chi connectivity index (χ4v) is 1.87. The summed E-state index contributed by atoms with van der Waals surface area (Å²) in [4.78, 5) is 14.1. The van der Waals surface area contributed by atoms with E-state index in [0.29, 0.717) is 23.9 Å². The van der Waals surface area contributed by atoms with Gasteiger partial charge >= 0.3 is 6.03 Å². The number of likely N-dealkylation sites (tertiary alicyclic amines) is 1. The van der Waals surface area contributed by atoms with Crippen molar-refractivity contribution in [2.24, 2.45) is 0 Å². The Morgan fingerprint density at radius 1 is 1.32 bits per heavy atom. The highest BCUT2D eigenvalue weighted by Crippen LogP contribution is 2.21. The number of aliphatic hydroxyl groups excluding tert-OH is 2. The average molecular weight is 287 g/mol. The van der Waals surface area contributed by atoms with Crippen molar-refractivity contribution >= 4 is 17.6 Å². The number of nitrogens with zero attached hydrogens (tertiary/aromatic N) is 2. The molecule has 19 heavy (non-hydrogen) atoms. The van der Waals surface area contributed by atoms with E-state index < -0.39 is 19.5 Å². The van der Waals surface area contributed by atoms with E-state index in [1.165, 1.54) is 4.90 Å². The van der Waals surface area contributed by atoms with E-state index in [2.05, 4.69) is 0 Å². The summed E-state index contributed by atoms with van der Waals surface area (Å²) in [5.41, 5.74) is 0. The third-order valence-corrected chi connectivity index (χ3v) is 3.10. The maximum atomic E-state index is 11.7. The van der Waals surface area contributed by atoms with Gasteiger partial charge in [-0.05, 0) is 24.3 Å². The molecular formula is C12H15ClN2O4. The van der Waals surface area contributed by atoms with Crippen molar-refractivity contribution in [2.45, 2.75) is 6.10 Å². The molecule has 0 aromatic heterocycles. The van der Waals surface area contributed by atoms with E-state index in [-0.39, 0.29) is 6.10 Å². The second kappa shape index (κ2) is 6.10. The van der Waals surface area contributed by atoms with Crippen LogP contribution in [0.25, 0.3) is 0 Å². The van der Waals surface area contributed by atoms with Crippen LogP contribution in [0.1, 0.15) is 0 Å². The third kappa shape index (κ3) is 3.28. The molecular weight excluding hydrogens is 272 g/mol. The van der Waals surface area contributed by atoms with Crippen LogP contribution >= 0.6 is 11.6 Å². The Hall–Kier alpha value is -1.50. The van der Waals surface area contributed by atoms with E-state index in [1.807, 2.05) is 0 Å². The first-order chi connectivity index (χ1) is 9.13. The van der Waals surface area contributed by atoms with Crippen LogP contribution in [0.15, 0.2) is 24.3 Å². The minimum Gasteiger partial charge on any atom is -0.487 e. The van der Waals surface area contributed by atoms with Gasteiger partial charge in [0, 0.05) is 5.02 Å². The fourth-order valence-electron chi connectivity index (χ4n) is 1.74.